The Bertz CT molecular complexity index is 1410. The van der Waals surface area contributed by atoms with E-state index in [1.807, 2.05) is 42.5 Å². The molecule has 0 aliphatic heterocycles. The molecule has 0 bridgehead atoms. The number of ether oxygens (including phenoxy) is 2. The van der Waals surface area contributed by atoms with E-state index in [0.29, 0.717) is 28.3 Å². The van der Waals surface area contributed by atoms with Crippen molar-refractivity contribution in [3.63, 3.8) is 0 Å². The molecular weight excluding hydrogens is 431 g/mol. The molecule has 0 saturated heterocycles. The molecule has 5 nitrogen and oxygen atoms in total. The fourth-order valence-corrected chi connectivity index (χ4v) is 3.52. The minimum Gasteiger partial charge on any atom is -0.493 e. The van der Waals surface area contributed by atoms with E-state index in [1.165, 1.54) is 31.4 Å². The Labute approximate surface area is 196 Å². The van der Waals surface area contributed by atoms with Crippen molar-refractivity contribution in [2.75, 3.05) is 19.0 Å². The summed E-state index contributed by atoms with van der Waals surface area (Å²) in [5.74, 6) is -0.0335. The number of hydrogen-bond acceptors (Lipinski definition) is 4. The first kappa shape index (κ1) is 22.6. The number of carbonyl (C=O) groups excluding carboxylic acids is 1. The van der Waals surface area contributed by atoms with Crippen LogP contribution < -0.4 is 14.8 Å². The van der Waals surface area contributed by atoms with Crippen molar-refractivity contribution < 1.29 is 18.7 Å². The molecule has 168 valence electrons. The second-order valence-electron chi connectivity index (χ2n) is 7.45. The van der Waals surface area contributed by atoms with E-state index >= 15 is 0 Å². The molecule has 4 rings (SSSR count). The summed E-state index contributed by atoms with van der Waals surface area (Å²) in [6, 6.07) is 26.7. The van der Waals surface area contributed by atoms with Crippen molar-refractivity contribution in [2.45, 2.75) is 0 Å². The van der Waals surface area contributed by atoms with Crippen LogP contribution in [0.2, 0.25) is 0 Å². The molecule has 0 heterocycles. The number of halogens is 1. The predicted molar refractivity (Wildman–Crippen MR) is 131 cm³/mol. The van der Waals surface area contributed by atoms with Crippen LogP contribution in [0.3, 0.4) is 0 Å². The van der Waals surface area contributed by atoms with E-state index in [1.54, 1.807) is 24.3 Å². The fraction of sp³-hybridized carbons (Fsp3) is 0.0714. The van der Waals surface area contributed by atoms with Gasteiger partial charge in [0.25, 0.3) is 5.91 Å². The summed E-state index contributed by atoms with van der Waals surface area (Å²) in [5, 5.41) is 14.6. The van der Waals surface area contributed by atoms with Gasteiger partial charge < -0.3 is 14.8 Å². The van der Waals surface area contributed by atoms with Gasteiger partial charge in [0.05, 0.1) is 18.8 Å². The first-order chi connectivity index (χ1) is 16.6. The van der Waals surface area contributed by atoms with Crippen molar-refractivity contribution in [3.8, 4) is 17.6 Å². The van der Waals surface area contributed by atoms with Gasteiger partial charge in [-0.3, -0.25) is 4.79 Å². The lowest BCUT2D eigenvalue weighted by Crippen LogP contribution is -2.20. The monoisotopic (exact) mass is 452 g/mol. The third-order valence-corrected chi connectivity index (χ3v) is 5.19. The topological polar surface area (TPSA) is 71.3 Å². The Hall–Kier alpha value is -4.63. The Morgan fingerprint density at radius 2 is 1.76 bits per heavy atom. The van der Waals surface area contributed by atoms with Crippen molar-refractivity contribution in [2.24, 2.45) is 0 Å². The van der Waals surface area contributed by atoms with Crippen LogP contribution in [0.4, 0.5) is 10.1 Å². The van der Waals surface area contributed by atoms with Gasteiger partial charge in [0.15, 0.2) is 18.1 Å². The van der Waals surface area contributed by atoms with Gasteiger partial charge in [-0.15, -0.1) is 0 Å². The van der Waals surface area contributed by atoms with Crippen molar-refractivity contribution in [1.82, 2.24) is 0 Å². The number of amides is 1. The number of nitriles is 1. The molecule has 1 amide bonds. The summed E-state index contributed by atoms with van der Waals surface area (Å²) >= 11 is 0. The maximum absolute atomic E-state index is 13.1. The maximum atomic E-state index is 13.1. The highest BCUT2D eigenvalue weighted by atomic mass is 19.1. The highest BCUT2D eigenvalue weighted by Gasteiger charge is 2.13. The number of carbonyl (C=O) groups is 1. The van der Waals surface area contributed by atoms with Gasteiger partial charge in [0.2, 0.25) is 0 Å². The van der Waals surface area contributed by atoms with Crippen LogP contribution >= 0.6 is 0 Å². The normalized spacial score (nSPS) is 11.0. The van der Waals surface area contributed by atoms with E-state index < -0.39 is 5.91 Å². The molecule has 0 aliphatic carbocycles. The van der Waals surface area contributed by atoms with E-state index in [4.69, 9.17) is 9.47 Å². The van der Waals surface area contributed by atoms with Crippen LogP contribution in [0, 0.1) is 17.1 Å². The second-order valence-corrected chi connectivity index (χ2v) is 7.45. The Kier molecular flexibility index (Phi) is 6.85. The molecule has 0 aliphatic rings. The molecule has 34 heavy (non-hydrogen) atoms. The van der Waals surface area contributed by atoms with E-state index in [9.17, 15) is 14.4 Å². The lowest BCUT2D eigenvalue weighted by atomic mass is 10.00. The average Bonchev–Trinajstić information content (AvgIpc) is 2.87. The number of fused-ring (bicyclic) bond motifs is 1. The molecule has 0 aromatic heterocycles. The first-order valence-corrected chi connectivity index (χ1v) is 10.5. The minimum absolute atomic E-state index is 0.295. The average molecular weight is 452 g/mol. The summed E-state index contributed by atoms with van der Waals surface area (Å²) in [7, 11) is 1.50. The Morgan fingerprint density at radius 3 is 2.50 bits per heavy atom. The van der Waals surface area contributed by atoms with Crippen LogP contribution in [0.25, 0.3) is 22.4 Å². The number of nitrogens with zero attached hydrogens (tertiary/aromatic N) is 1. The van der Waals surface area contributed by atoms with Crippen molar-refractivity contribution >= 4 is 34.0 Å². The minimum atomic E-state index is -0.414. The van der Waals surface area contributed by atoms with Gasteiger partial charge in [-0.05, 0) is 58.8 Å². The smallest absolute Gasteiger partial charge is 0.262 e. The van der Waals surface area contributed by atoms with Crippen molar-refractivity contribution in [3.05, 3.63) is 102 Å². The number of methoxy groups -OCH3 is 1. The highest BCUT2D eigenvalue weighted by molar-refractivity contribution is 5.95. The van der Waals surface area contributed by atoms with Crippen LogP contribution in [-0.2, 0) is 4.79 Å². The molecule has 6 heteroatoms. The number of allylic oxidation sites excluding steroid dienone is 1. The molecule has 4 aromatic rings. The number of benzene rings is 4. The zero-order valence-corrected chi connectivity index (χ0v) is 18.4. The summed E-state index contributed by atoms with van der Waals surface area (Å²) in [6.45, 7) is -0.295. The summed E-state index contributed by atoms with van der Waals surface area (Å²) in [4.78, 5) is 12.4. The first-order valence-electron chi connectivity index (χ1n) is 10.5. The highest BCUT2D eigenvalue weighted by Crippen LogP contribution is 2.34. The standard InChI is InChI=1S/C28H21FN2O3/c1-33-26-8-4-7-22(28(26)34-18-27(32)31-25-13-11-24(29)12-14-25)16-23(17-30)21-10-9-19-5-2-3-6-20(19)15-21/h2-16H,18H2,1H3,(H,31,32)/b23-16-. The number of hydrogen-bond donors (Lipinski definition) is 1. The molecule has 1 N–H and O–H groups in total. The summed E-state index contributed by atoms with van der Waals surface area (Å²) in [6.07, 6.45) is 1.71. The van der Waals surface area contributed by atoms with Gasteiger partial charge in [-0.1, -0.05) is 48.5 Å². The SMILES string of the molecule is COc1cccc(/C=C(/C#N)c2ccc3ccccc3c2)c1OCC(=O)Nc1ccc(F)cc1. The van der Waals surface area contributed by atoms with Gasteiger partial charge >= 0.3 is 0 Å². The molecule has 0 spiro atoms. The van der Waals surface area contributed by atoms with E-state index in [0.717, 1.165) is 16.3 Å². The molecule has 0 fully saturated rings. The number of nitrogens with one attached hydrogen (secondary N) is 1. The maximum Gasteiger partial charge on any atom is 0.262 e. The second kappa shape index (κ2) is 10.3. The Balaban J connectivity index is 1.60. The zero-order valence-electron chi connectivity index (χ0n) is 18.4. The molecule has 4 aromatic carbocycles. The molecule has 0 saturated carbocycles. The van der Waals surface area contributed by atoms with Crippen LogP contribution in [0.15, 0.2) is 84.9 Å². The van der Waals surface area contributed by atoms with Gasteiger partial charge in [-0.25, -0.2) is 4.39 Å². The molecular formula is C28H21FN2O3. The number of para-hydroxylation sites is 1. The molecule has 0 atom stereocenters. The third-order valence-electron chi connectivity index (χ3n) is 5.19. The lowest BCUT2D eigenvalue weighted by molar-refractivity contribution is -0.118. The van der Waals surface area contributed by atoms with E-state index in [2.05, 4.69) is 11.4 Å². The van der Waals surface area contributed by atoms with E-state index in [-0.39, 0.29) is 12.4 Å². The quantitative estimate of drug-likeness (QED) is 0.273. The zero-order chi connectivity index (χ0) is 23.9. The molecule has 0 unspecified atom stereocenters. The fourth-order valence-electron chi connectivity index (χ4n) is 3.52. The number of anilines is 1. The van der Waals surface area contributed by atoms with Crippen LogP contribution in [-0.4, -0.2) is 19.6 Å². The summed E-state index contributed by atoms with van der Waals surface area (Å²) < 4.78 is 24.3. The predicted octanol–water partition coefficient (Wildman–Crippen LogP) is 6.07. The van der Waals surface area contributed by atoms with Crippen molar-refractivity contribution in [1.29, 1.82) is 5.26 Å². The summed E-state index contributed by atoms with van der Waals surface area (Å²) in [5.41, 5.74) is 2.26. The number of rotatable bonds is 7. The third kappa shape index (κ3) is 5.22. The van der Waals surface area contributed by atoms with Gasteiger partial charge in [0.1, 0.15) is 5.82 Å². The lowest BCUT2D eigenvalue weighted by Gasteiger charge is -2.14. The van der Waals surface area contributed by atoms with Gasteiger partial charge in [0, 0.05) is 11.3 Å². The van der Waals surface area contributed by atoms with Gasteiger partial charge in [-0.2, -0.15) is 5.26 Å². The van der Waals surface area contributed by atoms with Crippen LogP contribution in [0.1, 0.15) is 11.1 Å². The van der Waals surface area contributed by atoms with Crippen LogP contribution in [0.5, 0.6) is 11.5 Å². The Morgan fingerprint density at radius 1 is 1.00 bits per heavy atom. The largest absolute Gasteiger partial charge is 0.493 e. The molecule has 0 radical (unpaired) electrons.